The number of azo groups is 1. The first-order valence-corrected chi connectivity index (χ1v) is 9.94. The topological polar surface area (TPSA) is 96.2 Å². The molecule has 2 N–H and O–H groups in total. The predicted octanol–water partition coefficient (Wildman–Crippen LogP) is 3.90. The molecule has 0 radical (unpaired) electrons. The number of fused-ring (bicyclic) bond motifs is 1. The van der Waals surface area contributed by atoms with Crippen molar-refractivity contribution < 1.29 is 14.6 Å². The zero-order valence-corrected chi connectivity index (χ0v) is 16.9. The van der Waals surface area contributed by atoms with Crippen LogP contribution in [-0.4, -0.2) is 35.3 Å². The van der Waals surface area contributed by atoms with Gasteiger partial charge in [-0.05, 0) is 24.5 Å². The SMILES string of the molecule is CC(C)C(NC(=O)C1=CC(CC2(C)COC2)N=N1)c1ccc2cccnc2c1O. The Kier molecular flexibility index (Phi) is 5.08. The molecule has 152 valence electrons. The molecule has 2 aromatic rings. The van der Waals surface area contributed by atoms with E-state index in [4.69, 9.17) is 4.74 Å². The summed E-state index contributed by atoms with van der Waals surface area (Å²) in [5.74, 6) is -0.128. The molecule has 2 unspecified atom stereocenters. The van der Waals surface area contributed by atoms with Gasteiger partial charge in [-0.1, -0.05) is 39.0 Å². The fourth-order valence-corrected chi connectivity index (χ4v) is 3.89. The van der Waals surface area contributed by atoms with Crippen LogP contribution in [-0.2, 0) is 9.53 Å². The number of carbonyl (C=O) groups excluding carboxylic acids is 1. The lowest BCUT2D eigenvalue weighted by atomic mass is 9.82. The van der Waals surface area contributed by atoms with Gasteiger partial charge < -0.3 is 15.2 Å². The number of hydrogen-bond donors (Lipinski definition) is 2. The molecule has 0 spiro atoms. The number of phenolic OH excluding ortho intramolecular Hbond substituents is 1. The van der Waals surface area contributed by atoms with Crippen LogP contribution in [0, 0.1) is 11.3 Å². The third-order valence-electron chi connectivity index (χ3n) is 5.57. The van der Waals surface area contributed by atoms with Gasteiger partial charge in [0.25, 0.3) is 5.91 Å². The number of rotatable bonds is 6. The summed E-state index contributed by atoms with van der Waals surface area (Å²) in [6, 6.07) is 7.00. The molecule has 7 heteroatoms. The van der Waals surface area contributed by atoms with Gasteiger partial charge in [-0.15, -0.1) is 5.11 Å². The molecule has 2 aliphatic rings. The molecule has 4 rings (SSSR count). The van der Waals surface area contributed by atoms with Gasteiger partial charge in [-0.3, -0.25) is 9.78 Å². The lowest BCUT2D eigenvalue weighted by molar-refractivity contribution is -0.118. The molecule has 1 fully saturated rings. The number of amides is 1. The largest absolute Gasteiger partial charge is 0.505 e. The van der Waals surface area contributed by atoms with Crippen molar-refractivity contribution >= 4 is 16.8 Å². The Bertz CT molecular complexity index is 995. The number of ether oxygens (including phenoxy) is 1. The quantitative estimate of drug-likeness (QED) is 0.777. The Morgan fingerprint density at radius 2 is 2.14 bits per heavy atom. The van der Waals surface area contributed by atoms with Crippen molar-refractivity contribution in [3.05, 3.63) is 47.8 Å². The standard InChI is InChI=1S/C22H26N4O3/c1-13(2)18(16-7-6-14-5-4-8-23-19(14)20(16)27)24-21(28)17-9-15(25-26-17)10-22(3)11-29-12-22/h4-9,13,15,18,27H,10-12H2,1-3H3,(H,24,28). The number of nitrogens with zero attached hydrogens (tertiary/aromatic N) is 3. The van der Waals surface area contributed by atoms with Crippen LogP contribution >= 0.6 is 0 Å². The minimum Gasteiger partial charge on any atom is -0.505 e. The lowest BCUT2D eigenvalue weighted by Crippen LogP contribution is -2.41. The molecule has 1 aromatic heterocycles. The molecule has 0 aliphatic carbocycles. The van der Waals surface area contributed by atoms with Gasteiger partial charge in [-0.2, -0.15) is 5.11 Å². The van der Waals surface area contributed by atoms with Crippen LogP contribution < -0.4 is 5.32 Å². The Labute approximate surface area is 169 Å². The van der Waals surface area contributed by atoms with E-state index in [1.807, 2.05) is 44.2 Å². The summed E-state index contributed by atoms with van der Waals surface area (Å²) in [6.07, 6.45) is 4.28. The number of hydrogen-bond acceptors (Lipinski definition) is 6. The van der Waals surface area contributed by atoms with Crippen molar-refractivity contribution in [2.24, 2.45) is 21.6 Å². The van der Waals surface area contributed by atoms with E-state index >= 15 is 0 Å². The summed E-state index contributed by atoms with van der Waals surface area (Å²) in [4.78, 5) is 17.1. The molecule has 1 aromatic carbocycles. The fraction of sp³-hybridized carbons (Fsp3) is 0.455. The second-order valence-corrected chi connectivity index (χ2v) is 8.62. The van der Waals surface area contributed by atoms with Gasteiger partial charge in [0.2, 0.25) is 0 Å². The third-order valence-corrected chi connectivity index (χ3v) is 5.57. The van der Waals surface area contributed by atoms with Crippen LogP contribution in [0.5, 0.6) is 5.75 Å². The van der Waals surface area contributed by atoms with Gasteiger partial charge >= 0.3 is 0 Å². The average Bonchev–Trinajstić information content (AvgIpc) is 3.14. The lowest BCUT2D eigenvalue weighted by Gasteiger charge is -2.38. The summed E-state index contributed by atoms with van der Waals surface area (Å²) in [5, 5.41) is 23.0. The summed E-state index contributed by atoms with van der Waals surface area (Å²) in [5.41, 5.74) is 1.60. The highest BCUT2D eigenvalue weighted by atomic mass is 16.5. The Morgan fingerprint density at radius 1 is 1.34 bits per heavy atom. The summed E-state index contributed by atoms with van der Waals surface area (Å²) >= 11 is 0. The summed E-state index contributed by atoms with van der Waals surface area (Å²) in [6.45, 7) is 7.59. The van der Waals surface area contributed by atoms with Gasteiger partial charge in [0.15, 0.2) is 0 Å². The van der Waals surface area contributed by atoms with Crippen molar-refractivity contribution in [3.8, 4) is 5.75 Å². The van der Waals surface area contributed by atoms with E-state index in [-0.39, 0.29) is 35.1 Å². The third kappa shape index (κ3) is 3.87. The maximum Gasteiger partial charge on any atom is 0.272 e. The first-order chi connectivity index (χ1) is 13.9. The van der Waals surface area contributed by atoms with E-state index in [1.165, 1.54) is 0 Å². The number of carbonyl (C=O) groups is 1. The van der Waals surface area contributed by atoms with E-state index in [2.05, 4.69) is 27.5 Å². The van der Waals surface area contributed by atoms with Crippen molar-refractivity contribution in [1.82, 2.24) is 10.3 Å². The van der Waals surface area contributed by atoms with Crippen LogP contribution in [0.2, 0.25) is 0 Å². The number of aromatic hydroxyl groups is 1. The van der Waals surface area contributed by atoms with Crippen LogP contribution in [0.25, 0.3) is 10.9 Å². The zero-order chi connectivity index (χ0) is 20.6. The van der Waals surface area contributed by atoms with Crippen LogP contribution in [0.4, 0.5) is 0 Å². The van der Waals surface area contributed by atoms with E-state index in [0.717, 1.165) is 25.0 Å². The minimum atomic E-state index is -0.374. The van der Waals surface area contributed by atoms with Crippen LogP contribution in [0.3, 0.4) is 0 Å². The van der Waals surface area contributed by atoms with Crippen molar-refractivity contribution in [3.63, 3.8) is 0 Å². The molecule has 0 saturated carbocycles. The van der Waals surface area contributed by atoms with Crippen molar-refractivity contribution in [1.29, 1.82) is 0 Å². The molecule has 0 bridgehead atoms. The van der Waals surface area contributed by atoms with Crippen LogP contribution in [0.15, 0.2) is 52.5 Å². The minimum absolute atomic E-state index is 0.0618. The normalized spacial score (nSPS) is 21.1. The van der Waals surface area contributed by atoms with E-state index in [0.29, 0.717) is 16.8 Å². The molecule has 3 heterocycles. The second kappa shape index (κ2) is 7.55. The van der Waals surface area contributed by atoms with Gasteiger partial charge in [0, 0.05) is 22.6 Å². The maximum absolute atomic E-state index is 12.8. The Morgan fingerprint density at radius 3 is 2.83 bits per heavy atom. The molecule has 29 heavy (non-hydrogen) atoms. The van der Waals surface area contributed by atoms with Gasteiger partial charge in [0.05, 0.1) is 25.3 Å². The number of phenols is 1. The Hall–Kier alpha value is -2.80. The molecule has 1 amide bonds. The Balaban J connectivity index is 1.53. The second-order valence-electron chi connectivity index (χ2n) is 8.62. The predicted molar refractivity (Wildman–Crippen MR) is 109 cm³/mol. The van der Waals surface area contributed by atoms with Gasteiger partial charge in [0.1, 0.15) is 17.0 Å². The first kappa shape index (κ1) is 19.5. The number of nitrogens with one attached hydrogen (secondary N) is 1. The number of benzene rings is 1. The van der Waals surface area contributed by atoms with Crippen LogP contribution in [0.1, 0.15) is 38.8 Å². The van der Waals surface area contributed by atoms with E-state index < -0.39 is 0 Å². The summed E-state index contributed by atoms with van der Waals surface area (Å²) < 4.78 is 5.29. The highest BCUT2D eigenvalue weighted by Gasteiger charge is 2.37. The fourth-order valence-electron chi connectivity index (χ4n) is 3.89. The van der Waals surface area contributed by atoms with E-state index in [9.17, 15) is 9.90 Å². The highest BCUT2D eigenvalue weighted by molar-refractivity contribution is 5.94. The van der Waals surface area contributed by atoms with Gasteiger partial charge in [-0.25, -0.2) is 0 Å². The molecule has 1 saturated heterocycles. The summed E-state index contributed by atoms with van der Waals surface area (Å²) in [7, 11) is 0. The van der Waals surface area contributed by atoms with Crippen molar-refractivity contribution in [2.45, 2.75) is 39.3 Å². The van der Waals surface area contributed by atoms with Crippen molar-refractivity contribution in [2.75, 3.05) is 13.2 Å². The monoisotopic (exact) mass is 394 g/mol. The molecular weight excluding hydrogens is 368 g/mol. The highest BCUT2D eigenvalue weighted by Crippen LogP contribution is 2.36. The maximum atomic E-state index is 12.8. The molecule has 7 nitrogen and oxygen atoms in total. The average molecular weight is 394 g/mol. The smallest absolute Gasteiger partial charge is 0.272 e. The first-order valence-electron chi connectivity index (χ1n) is 9.94. The zero-order valence-electron chi connectivity index (χ0n) is 16.9. The molecule has 2 aliphatic heterocycles. The molecule has 2 atom stereocenters. The van der Waals surface area contributed by atoms with E-state index in [1.54, 1.807) is 6.20 Å². The number of pyridine rings is 1. The molecular formula is C22H26N4O3. The number of aromatic nitrogens is 1.